The molecule has 1 aliphatic heterocycles. The van der Waals surface area contributed by atoms with Gasteiger partial charge in [0.15, 0.2) is 4.80 Å². The molecule has 0 saturated heterocycles. The Hall–Kier alpha value is -4.55. The van der Waals surface area contributed by atoms with Gasteiger partial charge in [0.05, 0.1) is 16.3 Å². The second-order valence-electron chi connectivity index (χ2n) is 9.98. The van der Waals surface area contributed by atoms with Crippen molar-refractivity contribution < 1.29 is 9.13 Å². The van der Waals surface area contributed by atoms with Gasteiger partial charge in [-0.1, -0.05) is 96.3 Å². The number of ether oxygens (including phenoxy) is 1. The van der Waals surface area contributed by atoms with Crippen LogP contribution >= 0.6 is 11.3 Å². The molecule has 0 amide bonds. The minimum Gasteiger partial charge on any atom is -0.488 e. The standard InChI is InChI=1S/C34H25FN2O2S/c35-26-14-8-13-25(19-26)32-28-18-17-23-11-4-6-15-27(23)31(28)36-34-37(32)33(38)30(40-34)20-24-12-5-7-16-29(24)39-21-22-9-2-1-3-10-22/h1-16,19-20,32H,17-18,21H2/t32-/m1/s1. The largest absolute Gasteiger partial charge is 0.488 e. The molecule has 2 aliphatic rings. The SMILES string of the molecule is O=c1c(=Cc2ccccc2OCc2ccccc2)sc2n1[C@H](c1cccc(F)c1)C1=C(N=2)c2ccccc2CC1. The van der Waals surface area contributed by atoms with Crippen molar-refractivity contribution in [2.45, 2.75) is 25.5 Å². The molecule has 1 atom stereocenters. The summed E-state index contributed by atoms with van der Waals surface area (Å²) in [5.41, 5.74) is 6.78. The molecule has 0 fully saturated rings. The van der Waals surface area contributed by atoms with E-state index in [2.05, 4.69) is 12.1 Å². The summed E-state index contributed by atoms with van der Waals surface area (Å²) in [7, 11) is 0. The number of thiazole rings is 1. The van der Waals surface area contributed by atoms with Gasteiger partial charge in [0, 0.05) is 11.1 Å². The fourth-order valence-corrected chi connectivity index (χ4v) is 6.60. The van der Waals surface area contributed by atoms with Crippen LogP contribution in [-0.2, 0) is 13.0 Å². The zero-order valence-corrected chi connectivity index (χ0v) is 22.4. The Morgan fingerprint density at radius 1 is 0.925 bits per heavy atom. The van der Waals surface area contributed by atoms with Gasteiger partial charge in [-0.3, -0.25) is 9.36 Å². The third kappa shape index (κ3) is 4.40. The molecule has 4 nitrogen and oxygen atoms in total. The number of halogens is 1. The lowest BCUT2D eigenvalue weighted by Crippen LogP contribution is -2.38. The molecule has 0 saturated carbocycles. The summed E-state index contributed by atoms with van der Waals surface area (Å²) >= 11 is 1.36. The first-order chi connectivity index (χ1) is 19.7. The van der Waals surface area contributed by atoms with Gasteiger partial charge in [-0.05, 0) is 59.4 Å². The van der Waals surface area contributed by atoms with Crippen LogP contribution in [0.3, 0.4) is 0 Å². The second-order valence-corrected chi connectivity index (χ2v) is 11.0. The van der Waals surface area contributed by atoms with Crippen molar-refractivity contribution in [2.24, 2.45) is 4.99 Å². The van der Waals surface area contributed by atoms with Crippen LogP contribution in [0.15, 0.2) is 118 Å². The molecule has 196 valence electrons. The van der Waals surface area contributed by atoms with Crippen molar-refractivity contribution in [3.63, 3.8) is 0 Å². The van der Waals surface area contributed by atoms with Gasteiger partial charge in [0.25, 0.3) is 5.56 Å². The summed E-state index contributed by atoms with van der Waals surface area (Å²) in [6.07, 6.45) is 3.49. The molecule has 0 spiro atoms. The number of hydrogen-bond acceptors (Lipinski definition) is 4. The van der Waals surface area contributed by atoms with E-state index in [1.807, 2.05) is 78.9 Å². The molecule has 0 bridgehead atoms. The van der Waals surface area contributed by atoms with Gasteiger partial charge in [-0.25, -0.2) is 9.38 Å². The van der Waals surface area contributed by atoms with E-state index in [0.717, 1.165) is 46.4 Å². The Morgan fingerprint density at radius 3 is 2.60 bits per heavy atom. The van der Waals surface area contributed by atoms with Crippen molar-refractivity contribution >= 4 is 23.1 Å². The number of hydrogen-bond donors (Lipinski definition) is 0. The number of fused-ring (bicyclic) bond motifs is 3. The van der Waals surface area contributed by atoms with E-state index in [1.165, 1.54) is 29.0 Å². The lowest BCUT2D eigenvalue weighted by molar-refractivity contribution is 0.305. The van der Waals surface area contributed by atoms with E-state index in [9.17, 15) is 9.18 Å². The number of nitrogens with zero attached hydrogens (tertiary/aromatic N) is 2. The topological polar surface area (TPSA) is 43.6 Å². The third-order valence-corrected chi connectivity index (χ3v) is 8.46. The number of aryl methyl sites for hydroxylation is 1. The number of rotatable bonds is 5. The number of aromatic nitrogens is 1. The Bertz CT molecular complexity index is 1960. The van der Waals surface area contributed by atoms with Crippen LogP contribution in [0.5, 0.6) is 5.75 Å². The van der Waals surface area contributed by atoms with E-state index in [0.29, 0.717) is 21.7 Å². The van der Waals surface area contributed by atoms with Gasteiger partial charge in [0.2, 0.25) is 0 Å². The number of benzene rings is 4. The van der Waals surface area contributed by atoms with Crippen LogP contribution in [0.1, 0.15) is 40.3 Å². The Labute approximate surface area is 234 Å². The van der Waals surface area contributed by atoms with Crippen LogP contribution < -0.4 is 19.6 Å². The van der Waals surface area contributed by atoms with E-state index in [1.54, 1.807) is 10.6 Å². The predicted octanol–water partition coefficient (Wildman–Crippen LogP) is 6.04. The maximum absolute atomic E-state index is 14.4. The monoisotopic (exact) mass is 544 g/mol. The summed E-state index contributed by atoms with van der Waals surface area (Å²) < 4.78 is 22.9. The molecule has 4 aromatic carbocycles. The van der Waals surface area contributed by atoms with Crippen LogP contribution in [-0.4, -0.2) is 4.57 Å². The first kappa shape index (κ1) is 24.5. The Balaban J connectivity index is 1.38. The fourth-order valence-electron chi connectivity index (χ4n) is 5.61. The van der Waals surface area contributed by atoms with Crippen molar-refractivity contribution in [3.8, 4) is 5.75 Å². The highest BCUT2D eigenvalue weighted by atomic mass is 32.1. The van der Waals surface area contributed by atoms with Crippen molar-refractivity contribution in [1.29, 1.82) is 0 Å². The van der Waals surface area contributed by atoms with Crippen molar-refractivity contribution in [2.75, 3.05) is 0 Å². The average Bonchev–Trinajstić information content (AvgIpc) is 3.30. The van der Waals surface area contributed by atoms with Crippen molar-refractivity contribution in [1.82, 2.24) is 4.57 Å². The fraction of sp³-hybridized carbons (Fsp3) is 0.118. The summed E-state index contributed by atoms with van der Waals surface area (Å²) in [6.45, 7) is 0.429. The lowest BCUT2D eigenvalue weighted by Gasteiger charge is -2.30. The lowest BCUT2D eigenvalue weighted by atomic mass is 9.83. The van der Waals surface area contributed by atoms with Gasteiger partial charge in [-0.15, -0.1) is 0 Å². The Morgan fingerprint density at radius 2 is 1.73 bits per heavy atom. The zero-order valence-electron chi connectivity index (χ0n) is 21.6. The van der Waals surface area contributed by atoms with Crippen LogP contribution in [0.25, 0.3) is 11.8 Å². The minimum absolute atomic E-state index is 0.138. The molecule has 6 heteroatoms. The normalized spacial score (nSPS) is 16.1. The minimum atomic E-state index is -0.415. The average molecular weight is 545 g/mol. The summed E-state index contributed by atoms with van der Waals surface area (Å²) in [4.78, 5) is 19.7. The van der Waals surface area contributed by atoms with E-state index in [-0.39, 0.29) is 11.4 Å². The smallest absolute Gasteiger partial charge is 0.271 e. The highest BCUT2D eigenvalue weighted by Crippen LogP contribution is 2.41. The van der Waals surface area contributed by atoms with Crippen molar-refractivity contribution in [3.05, 3.63) is 162 Å². The molecule has 1 aliphatic carbocycles. The Kier molecular flexibility index (Phi) is 6.25. The summed E-state index contributed by atoms with van der Waals surface area (Å²) in [5.74, 6) is 0.381. The third-order valence-electron chi connectivity index (χ3n) is 7.48. The van der Waals surface area contributed by atoms with Crippen LogP contribution in [0.4, 0.5) is 4.39 Å². The molecule has 2 heterocycles. The molecule has 0 N–H and O–H groups in total. The van der Waals surface area contributed by atoms with E-state index < -0.39 is 6.04 Å². The quantitative estimate of drug-likeness (QED) is 0.271. The number of para-hydroxylation sites is 1. The van der Waals surface area contributed by atoms with Crippen LogP contribution in [0.2, 0.25) is 0 Å². The molecule has 1 aromatic heterocycles. The van der Waals surface area contributed by atoms with Crippen LogP contribution in [0, 0.1) is 5.82 Å². The summed E-state index contributed by atoms with van der Waals surface area (Å²) in [5, 5.41) is 0. The van der Waals surface area contributed by atoms with E-state index in [4.69, 9.17) is 9.73 Å². The van der Waals surface area contributed by atoms with Gasteiger partial charge in [-0.2, -0.15) is 0 Å². The number of allylic oxidation sites excluding steroid dienone is 1. The second kappa shape index (κ2) is 10.2. The predicted molar refractivity (Wildman–Crippen MR) is 156 cm³/mol. The first-order valence-corrected chi connectivity index (χ1v) is 14.1. The maximum Gasteiger partial charge on any atom is 0.271 e. The van der Waals surface area contributed by atoms with Gasteiger partial charge >= 0.3 is 0 Å². The summed E-state index contributed by atoms with van der Waals surface area (Å²) in [6, 6.07) is 32.1. The molecule has 7 rings (SSSR count). The first-order valence-electron chi connectivity index (χ1n) is 13.3. The van der Waals surface area contributed by atoms with Gasteiger partial charge in [0.1, 0.15) is 18.2 Å². The zero-order chi connectivity index (χ0) is 27.1. The molecule has 5 aromatic rings. The highest BCUT2D eigenvalue weighted by Gasteiger charge is 2.32. The highest BCUT2D eigenvalue weighted by molar-refractivity contribution is 7.07. The molecular formula is C34H25FN2O2S. The maximum atomic E-state index is 14.4. The molecule has 0 radical (unpaired) electrons. The van der Waals surface area contributed by atoms with Gasteiger partial charge < -0.3 is 4.74 Å². The molecule has 0 unspecified atom stereocenters. The molecular weight excluding hydrogens is 519 g/mol. The molecule has 40 heavy (non-hydrogen) atoms. The van der Waals surface area contributed by atoms with E-state index >= 15 is 0 Å².